The van der Waals surface area contributed by atoms with Crippen molar-refractivity contribution in [3.8, 4) is 0 Å². The second-order valence-corrected chi connectivity index (χ2v) is 5.91. The van der Waals surface area contributed by atoms with Gasteiger partial charge in [-0.2, -0.15) is 0 Å². The Labute approximate surface area is 119 Å². The molecule has 0 aliphatic carbocycles. The van der Waals surface area contributed by atoms with E-state index in [4.69, 9.17) is 18.0 Å². The Kier molecular flexibility index (Phi) is 4.01. The summed E-state index contributed by atoms with van der Waals surface area (Å²) in [6, 6.07) is 2.35. The zero-order valence-corrected chi connectivity index (χ0v) is 12.7. The van der Waals surface area contributed by atoms with Crippen LogP contribution in [-0.4, -0.2) is 53.1 Å². The molecule has 0 amide bonds. The van der Waals surface area contributed by atoms with Gasteiger partial charge < -0.3 is 15.5 Å². The lowest BCUT2D eigenvalue weighted by molar-refractivity contribution is 0.266. The van der Waals surface area contributed by atoms with E-state index >= 15 is 0 Å². The lowest BCUT2D eigenvalue weighted by Crippen LogP contribution is -2.34. The average Bonchev–Trinajstić information content (AvgIpc) is 2.70. The molecule has 0 aromatic carbocycles. The summed E-state index contributed by atoms with van der Waals surface area (Å²) in [5.41, 5.74) is 7.22. The number of anilines is 1. The molecule has 1 fully saturated rings. The van der Waals surface area contributed by atoms with Crippen molar-refractivity contribution in [3.05, 3.63) is 17.5 Å². The monoisotopic (exact) mass is 279 g/mol. The van der Waals surface area contributed by atoms with E-state index in [0.29, 0.717) is 22.6 Å². The number of rotatable bonds is 3. The van der Waals surface area contributed by atoms with Gasteiger partial charge in [-0.15, -0.1) is 0 Å². The molecule has 1 aliphatic rings. The van der Waals surface area contributed by atoms with Crippen LogP contribution < -0.4 is 10.6 Å². The van der Waals surface area contributed by atoms with Crippen molar-refractivity contribution >= 4 is 23.2 Å². The fourth-order valence-corrected chi connectivity index (χ4v) is 2.71. The second kappa shape index (κ2) is 5.38. The van der Waals surface area contributed by atoms with Crippen LogP contribution in [-0.2, 0) is 0 Å². The second-order valence-electron chi connectivity index (χ2n) is 5.47. The molecule has 2 heterocycles. The Morgan fingerprint density at radius 1 is 1.42 bits per heavy atom. The maximum atomic E-state index is 5.67. The molecule has 1 aromatic heterocycles. The molecule has 2 unspecified atom stereocenters. The summed E-state index contributed by atoms with van der Waals surface area (Å²) in [4.78, 5) is 13.8. The van der Waals surface area contributed by atoms with Crippen molar-refractivity contribution in [2.24, 2.45) is 11.7 Å². The average molecular weight is 279 g/mol. The molecule has 104 valence electrons. The SMILES string of the molecule is Cc1cc(C(N)=S)nc(N2CC(C)C(N(C)C)C2)n1. The van der Waals surface area contributed by atoms with Crippen molar-refractivity contribution in [1.82, 2.24) is 14.9 Å². The van der Waals surface area contributed by atoms with E-state index in [-0.39, 0.29) is 0 Å². The van der Waals surface area contributed by atoms with Gasteiger partial charge in [0, 0.05) is 24.8 Å². The third kappa shape index (κ3) is 3.01. The number of thiocarbonyl (C=S) groups is 1. The third-order valence-corrected chi connectivity index (χ3v) is 3.82. The lowest BCUT2D eigenvalue weighted by atomic mass is 10.1. The van der Waals surface area contributed by atoms with Crippen LogP contribution in [0.3, 0.4) is 0 Å². The molecule has 19 heavy (non-hydrogen) atoms. The van der Waals surface area contributed by atoms with Gasteiger partial charge >= 0.3 is 0 Å². The third-order valence-electron chi connectivity index (χ3n) is 3.61. The summed E-state index contributed by atoms with van der Waals surface area (Å²) in [6.07, 6.45) is 0. The fraction of sp³-hybridized carbons (Fsp3) is 0.615. The van der Waals surface area contributed by atoms with Gasteiger partial charge in [-0.3, -0.25) is 0 Å². The Morgan fingerprint density at radius 3 is 2.63 bits per heavy atom. The lowest BCUT2D eigenvalue weighted by Gasteiger charge is -2.22. The zero-order valence-electron chi connectivity index (χ0n) is 11.9. The van der Waals surface area contributed by atoms with Crippen molar-refractivity contribution < 1.29 is 0 Å². The molecule has 2 atom stereocenters. The maximum absolute atomic E-state index is 5.67. The van der Waals surface area contributed by atoms with Gasteiger partial charge in [0.2, 0.25) is 5.95 Å². The van der Waals surface area contributed by atoms with E-state index in [0.717, 1.165) is 24.7 Å². The molecule has 0 saturated carbocycles. The Hall–Kier alpha value is -1.27. The van der Waals surface area contributed by atoms with E-state index < -0.39 is 0 Å². The van der Waals surface area contributed by atoms with E-state index in [1.165, 1.54) is 0 Å². The van der Waals surface area contributed by atoms with Crippen LogP contribution in [0, 0.1) is 12.8 Å². The normalized spacial score (nSPS) is 23.1. The highest BCUT2D eigenvalue weighted by Gasteiger charge is 2.32. The van der Waals surface area contributed by atoms with Gasteiger partial charge in [0.1, 0.15) is 10.7 Å². The summed E-state index contributed by atoms with van der Waals surface area (Å²) >= 11 is 5.00. The van der Waals surface area contributed by atoms with E-state index in [9.17, 15) is 0 Å². The minimum atomic E-state index is 0.322. The van der Waals surface area contributed by atoms with Crippen LogP contribution >= 0.6 is 12.2 Å². The van der Waals surface area contributed by atoms with Crippen LogP contribution in [0.5, 0.6) is 0 Å². The molecule has 2 rings (SSSR count). The largest absolute Gasteiger partial charge is 0.388 e. The highest BCUT2D eigenvalue weighted by atomic mass is 32.1. The Balaban J connectivity index is 2.26. The molecule has 0 radical (unpaired) electrons. The first kappa shape index (κ1) is 14.1. The van der Waals surface area contributed by atoms with Crippen molar-refractivity contribution in [3.63, 3.8) is 0 Å². The molecule has 0 bridgehead atoms. The van der Waals surface area contributed by atoms with Crippen LogP contribution in [0.25, 0.3) is 0 Å². The van der Waals surface area contributed by atoms with Crippen LogP contribution in [0.1, 0.15) is 18.3 Å². The number of nitrogens with two attached hydrogens (primary N) is 1. The van der Waals surface area contributed by atoms with E-state index in [2.05, 4.69) is 40.8 Å². The van der Waals surface area contributed by atoms with Crippen LogP contribution in [0.15, 0.2) is 6.07 Å². The van der Waals surface area contributed by atoms with Crippen molar-refractivity contribution in [1.29, 1.82) is 0 Å². The van der Waals surface area contributed by atoms with Gasteiger partial charge in [0.05, 0.1) is 0 Å². The first-order valence-corrected chi connectivity index (χ1v) is 6.86. The van der Waals surface area contributed by atoms with Gasteiger partial charge in [-0.1, -0.05) is 19.1 Å². The van der Waals surface area contributed by atoms with Crippen LogP contribution in [0.2, 0.25) is 0 Å². The van der Waals surface area contributed by atoms with Crippen LogP contribution in [0.4, 0.5) is 5.95 Å². The summed E-state index contributed by atoms with van der Waals surface area (Å²) in [6.45, 7) is 6.10. The highest BCUT2D eigenvalue weighted by molar-refractivity contribution is 7.80. The summed E-state index contributed by atoms with van der Waals surface area (Å²) < 4.78 is 0. The van der Waals surface area contributed by atoms with E-state index in [1.54, 1.807) is 0 Å². The minimum Gasteiger partial charge on any atom is -0.388 e. The summed E-state index contributed by atoms with van der Waals surface area (Å²) in [7, 11) is 4.23. The quantitative estimate of drug-likeness (QED) is 0.826. The molecule has 1 aliphatic heterocycles. The van der Waals surface area contributed by atoms with Crippen molar-refractivity contribution in [2.75, 3.05) is 32.1 Å². The van der Waals surface area contributed by atoms with Gasteiger partial charge in [0.15, 0.2) is 0 Å². The molecular weight excluding hydrogens is 258 g/mol. The van der Waals surface area contributed by atoms with Gasteiger partial charge in [0.25, 0.3) is 0 Å². The van der Waals surface area contributed by atoms with Crippen molar-refractivity contribution in [2.45, 2.75) is 19.9 Å². The fourth-order valence-electron chi connectivity index (χ4n) is 2.61. The molecule has 2 N–H and O–H groups in total. The predicted octanol–water partition coefficient (Wildman–Crippen LogP) is 0.806. The Morgan fingerprint density at radius 2 is 2.11 bits per heavy atom. The zero-order chi connectivity index (χ0) is 14.2. The first-order chi connectivity index (χ1) is 8.88. The minimum absolute atomic E-state index is 0.322. The molecule has 6 heteroatoms. The predicted molar refractivity (Wildman–Crippen MR) is 81.5 cm³/mol. The standard InChI is InChI=1S/C13H21N5S/c1-8-6-18(7-11(8)17(3)4)13-15-9(2)5-10(16-13)12(14)19/h5,8,11H,6-7H2,1-4H3,(H2,14,19). The maximum Gasteiger partial charge on any atom is 0.226 e. The molecular formula is C13H21N5S. The smallest absolute Gasteiger partial charge is 0.226 e. The molecule has 1 saturated heterocycles. The number of nitrogens with zero attached hydrogens (tertiary/aromatic N) is 4. The molecule has 1 aromatic rings. The number of hydrogen-bond donors (Lipinski definition) is 1. The Bertz CT molecular complexity index is 488. The highest BCUT2D eigenvalue weighted by Crippen LogP contribution is 2.23. The van der Waals surface area contributed by atoms with Gasteiger partial charge in [-0.05, 0) is 33.0 Å². The topological polar surface area (TPSA) is 58.3 Å². The molecule has 5 nitrogen and oxygen atoms in total. The summed E-state index contributed by atoms with van der Waals surface area (Å²) in [5, 5.41) is 0. The number of aryl methyl sites for hydroxylation is 1. The van der Waals surface area contributed by atoms with E-state index in [1.807, 2.05) is 13.0 Å². The van der Waals surface area contributed by atoms with Gasteiger partial charge in [-0.25, -0.2) is 9.97 Å². The number of aromatic nitrogens is 2. The molecule has 0 spiro atoms. The first-order valence-electron chi connectivity index (χ1n) is 6.45. The number of likely N-dealkylation sites (N-methyl/N-ethyl adjacent to an activating group) is 1. The summed E-state index contributed by atoms with van der Waals surface area (Å²) in [5.74, 6) is 1.33. The number of hydrogen-bond acceptors (Lipinski definition) is 5.